The number of benzene rings is 2. The molecule has 2 aliphatic heterocycles. The number of hydrogen-bond acceptors (Lipinski definition) is 4. The summed E-state index contributed by atoms with van der Waals surface area (Å²) in [6.07, 6.45) is 3.63. The zero-order valence-corrected chi connectivity index (χ0v) is 21.6. The summed E-state index contributed by atoms with van der Waals surface area (Å²) in [5, 5.41) is 0.724. The average Bonchev–Trinajstić information content (AvgIpc) is 2.85. The summed E-state index contributed by atoms with van der Waals surface area (Å²) in [5.41, 5.74) is 3.29. The van der Waals surface area contributed by atoms with Crippen LogP contribution in [0.25, 0.3) is 6.08 Å². The molecule has 5 nitrogen and oxygen atoms in total. The molecular weight excluding hydrogens is 463 g/mol. The summed E-state index contributed by atoms with van der Waals surface area (Å²) in [4.78, 5) is 22.1. The molecule has 4 rings (SSSR count). The lowest BCUT2D eigenvalue weighted by Crippen LogP contribution is -2.48. The molecule has 35 heavy (non-hydrogen) atoms. The Morgan fingerprint density at radius 1 is 0.914 bits per heavy atom. The van der Waals surface area contributed by atoms with Gasteiger partial charge in [0.2, 0.25) is 5.91 Å². The van der Waals surface area contributed by atoms with E-state index in [9.17, 15) is 9.18 Å². The van der Waals surface area contributed by atoms with Gasteiger partial charge in [-0.2, -0.15) is 0 Å². The van der Waals surface area contributed by atoms with Crippen molar-refractivity contribution in [2.24, 2.45) is 0 Å². The molecule has 0 unspecified atom stereocenters. The molecule has 7 heteroatoms. The highest BCUT2D eigenvalue weighted by Gasteiger charge is 2.21. The lowest BCUT2D eigenvalue weighted by Gasteiger charge is -2.37. The van der Waals surface area contributed by atoms with E-state index in [1.807, 2.05) is 41.3 Å². The van der Waals surface area contributed by atoms with Gasteiger partial charge in [-0.3, -0.25) is 19.5 Å². The van der Waals surface area contributed by atoms with Gasteiger partial charge in [0, 0.05) is 82.6 Å². The highest BCUT2D eigenvalue weighted by molar-refractivity contribution is 6.30. The second-order valence-corrected chi connectivity index (χ2v) is 10.2. The molecule has 2 aliphatic rings. The molecule has 0 spiro atoms. The van der Waals surface area contributed by atoms with Crippen LogP contribution in [0.2, 0.25) is 5.02 Å². The molecule has 1 amide bonds. The van der Waals surface area contributed by atoms with E-state index in [0.717, 1.165) is 74.1 Å². The van der Waals surface area contributed by atoms with Gasteiger partial charge in [-0.1, -0.05) is 29.8 Å². The van der Waals surface area contributed by atoms with Gasteiger partial charge >= 0.3 is 0 Å². The van der Waals surface area contributed by atoms with E-state index in [2.05, 4.69) is 28.5 Å². The number of rotatable bonds is 7. The van der Waals surface area contributed by atoms with Gasteiger partial charge in [0.15, 0.2) is 0 Å². The minimum absolute atomic E-state index is 0.0397. The van der Waals surface area contributed by atoms with Crippen LogP contribution in [0.5, 0.6) is 0 Å². The second kappa shape index (κ2) is 12.1. The molecule has 0 bridgehead atoms. The molecule has 188 valence electrons. The molecule has 0 aliphatic carbocycles. The molecule has 2 fully saturated rings. The Morgan fingerprint density at radius 3 is 2.20 bits per heavy atom. The first-order valence-corrected chi connectivity index (χ1v) is 12.9. The third kappa shape index (κ3) is 7.37. The minimum atomic E-state index is -0.214. The summed E-state index contributed by atoms with van der Waals surface area (Å²) in [6, 6.07) is 13.1. The SMILES string of the molecule is CC(C)N1CCN(Cc2cc(Cl)ccc2/C=C/C(=O)N2CCN(Cc3ccc(F)cc3)CC2)CC1. The molecule has 0 atom stereocenters. The van der Waals surface area contributed by atoms with Crippen molar-refractivity contribution in [3.05, 3.63) is 76.1 Å². The fourth-order valence-corrected chi connectivity index (χ4v) is 4.99. The maximum atomic E-state index is 13.1. The Hall–Kier alpha value is -2.25. The first kappa shape index (κ1) is 25.8. The molecule has 0 saturated carbocycles. The van der Waals surface area contributed by atoms with Crippen molar-refractivity contribution in [1.82, 2.24) is 19.6 Å². The molecule has 0 N–H and O–H groups in total. The van der Waals surface area contributed by atoms with Gasteiger partial charge in [-0.15, -0.1) is 0 Å². The average molecular weight is 499 g/mol. The smallest absolute Gasteiger partial charge is 0.246 e. The fraction of sp³-hybridized carbons (Fsp3) is 0.464. The zero-order valence-electron chi connectivity index (χ0n) is 20.8. The first-order chi connectivity index (χ1) is 16.9. The van der Waals surface area contributed by atoms with E-state index < -0.39 is 0 Å². The van der Waals surface area contributed by atoms with Crippen molar-refractivity contribution in [1.29, 1.82) is 0 Å². The van der Waals surface area contributed by atoms with Crippen LogP contribution in [0.3, 0.4) is 0 Å². The van der Waals surface area contributed by atoms with Gasteiger partial charge in [0.05, 0.1) is 0 Å². The van der Waals surface area contributed by atoms with Crippen LogP contribution in [-0.4, -0.2) is 83.9 Å². The third-order valence-electron chi connectivity index (χ3n) is 7.05. The summed E-state index contributed by atoms with van der Waals surface area (Å²) in [7, 11) is 0. The topological polar surface area (TPSA) is 30.0 Å². The van der Waals surface area contributed by atoms with E-state index in [1.54, 1.807) is 6.08 Å². The predicted octanol–water partition coefficient (Wildman–Crippen LogP) is 4.36. The number of nitrogens with zero attached hydrogens (tertiary/aromatic N) is 4. The Morgan fingerprint density at radius 2 is 1.54 bits per heavy atom. The van der Waals surface area contributed by atoms with Crippen LogP contribution in [0.15, 0.2) is 48.5 Å². The van der Waals surface area contributed by atoms with Crippen molar-refractivity contribution >= 4 is 23.6 Å². The first-order valence-electron chi connectivity index (χ1n) is 12.6. The van der Waals surface area contributed by atoms with Crippen LogP contribution < -0.4 is 0 Å². The number of halogens is 2. The lowest BCUT2D eigenvalue weighted by atomic mass is 10.1. The Labute approximate surface area is 213 Å². The number of amides is 1. The Balaban J connectivity index is 1.31. The predicted molar refractivity (Wildman–Crippen MR) is 141 cm³/mol. The van der Waals surface area contributed by atoms with Crippen molar-refractivity contribution in [2.45, 2.75) is 33.0 Å². The normalized spacial score (nSPS) is 18.6. The quantitative estimate of drug-likeness (QED) is 0.530. The summed E-state index contributed by atoms with van der Waals surface area (Å²) in [6.45, 7) is 13.3. The van der Waals surface area contributed by atoms with E-state index in [4.69, 9.17) is 11.6 Å². The monoisotopic (exact) mass is 498 g/mol. The third-order valence-corrected chi connectivity index (χ3v) is 7.28. The Kier molecular flexibility index (Phi) is 8.95. The number of hydrogen-bond donors (Lipinski definition) is 0. The largest absolute Gasteiger partial charge is 0.337 e. The highest BCUT2D eigenvalue weighted by Crippen LogP contribution is 2.21. The highest BCUT2D eigenvalue weighted by atomic mass is 35.5. The maximum absolute atomic E-state index is 13.1. The maximum Gasteiger partial charge on any atom is 0.246 e. The van der Waals surface area contributed by atoms with Crippen molar-refractivity contribution < 1.29 is 9.18 Å². The van der Waals surface area contributed by atoms with E-state index in [1.165, 1.54) is 12.1 Å². The van der Waals surface area contributed by atoms with E-state index >= 15 is 0 Å². The van der Waals surface area contributed by atoms with Crippen molar-refractivity contribution in [3.63, 3.8) is 0 Å². The van der Waals surface area contributed by atoms with E-state index in [-0.39, 0.29) is 11.7 Å². The van der Waals surface area contributed by atoms with Crippen molar-refractivity contribution in [2.75, 3.05) is 52.4 Å². The molecule has 0 aromatic heterocycles. The van der Waals surface area contributed by atoms with Gasteiger partial charge in [0.1, 0.15) is 5.82 Å². The second-order valence-electron chi connectivity index (χ2n) is 9.81. The van der Waals surface area contributed by atoms with Crippen LogP contribution >= 0.6 is 11.6 Å². The van der Waals surface area contributed by atoms with Gasteiger partial charge < -0.3 is 4.90 Å². The summed E-state index contributed by atoms with van der Waals surface area (Å²) < 4.78 is 13.1. The molecule has 2 aromatic carbocycles. The summed E-state index contributed by atoms with van der Waals surface area (Å²) in [5.74, 6) is -0.175. The molecule has 2 aromatic rings. The van der Waals surface area contributed by atoms with Crippen LogP contribution in [0, 0.1) is 5.82 Å². The van der Waals surface area contributed by atoms with Crippen LogP contribution in [0.4, 0.5) is 4.39 Å². The minimum Gasteiger partial charge on any atom is -0.337 e. The van der Waals surface area contributed by atoms with Crippen LogP contribution in [-0.2, 0) is 17.9 Å². The fourth-order valence-electron chi connectivity index (χ4n) is 4.79. The number of carbonyl (C=O) groups excluding carboxylic acids is 1. The Bertz CT molecular complexity index is 1010. The molecule has 2 heterocycles. The standard InChI is InChI=1S/C28H36ClFN4O/c1-22(2)33-15-11-32(12-16-33)21-25-19-26(29)7-5-24(25)6-10-28(35)34-17-13-31(14-18-34)20-23-3-8-27(30)9-4-23/h3-10,19,22H,11-18,20-21H2,1-2H3/b10-6+. The molecular formula is C28H36ClFN4O. The van der Waals surface area contributed by atoms with Gasteiger partial charge in [-0.05, 0) is 60.9 Å². The summed E-state index contributed by atoms with van der Waals surface area (Å²) >= 11 is 6.31. The lowest BCUT2D eigenvalue weighted by molar-refractivity contribution is -0.127. The number of piperazine rings is 2. The van der Waals surface area contributed by atoms with E-state index in [0.29, 0.717) is 19.1 Å². The van der Waals surface area contributed by atoms with Crippen molar-refractivity contribution in [3.8, 4) is 0 Å². The molecule has 2 saturated heterocycles. The number of carbonyl (C=O) groups is 1. The van der Waals surface area contributed by atoms with Gasteiger partial charge in [0.25, 0.3) is 0 Å². The molecule has 0 radical (unpaired) electrons. The van der Waals surface area contributed by atoms with Crippen LogP contribution in [0.1, 0.15) is 30.5 Å². The zero-order chi connectivity index (χ0) is 24.8. The van der Waals surface area contributed by atoms with Gasteiger partial charge in [-0.25, -0.2) is 4.39 Å².